The van der Waals surface area contributed by atoms with Crippen LogP contribution in [0.5, 0.6) is 0 Å². The van der Waals surface area contributed by atoms with Gasteiger partial charge >= 0.3 is 12.0 Å². The SMILES string of the molecule is CCNC(=O)N(CCOC(=O)C(CC)CC)C(C)(C)C. The first-order valence-corrected chi connectivity index (χ1v) is 7.49. The van der Waals surface area contributed by atoms with Crippen LogP contribution in [0.25, 0.3) is 0 Å². The van der Waals surface area contributed by atoms with Crippen LogP contribution in [0.15, 0.2) is 0 Å². The van der Waals surface area contributed by atoms with Gasteiger partial charge in [-0.05, 0) is 40.5 Å². The molecule has 0 saturated heterocycles. The summed E-state index contributed by atoms with van der Waals surface area (Å²) in [4.78, 5) is 25.5. The van der Waals surface area contributed by atoms with E-state index in [0.717, 1.165) is 12.8 Å². The van der Waals surface area contributed by atoms with Gasteiger partial charge < -0.3 is 15.0 Å². The zero-order valence-electron chi connectivity index (χ0n) is 13.8. The van der Waals surface area contributed by atoms with E-state index in [2.05, 4.69) is 5.32 Å². The third kappa shape index (κ3) is 6.26. The van der Waals surface area contributed by atoms with E-state index in [-0.39, 0.29) is 30.1 Å². The molecule has 0 atom stereocenters. The Bertz CT molecular complexity index is 307. The molecule has 118 valence electrons. The first-order valence-electron chi connectivity index (χ1n) is 7.49. The lowest BCUT2D eigenvalue weighted by Crippen LogP contribution is -2.51. The van der Waals surface area contributed by atoms with Crippen LogP contribution in [0.2, 0.25) is 0 Å². The summed E-state index contributed by atoms with van der Waals surface area (Å²) in [6, 6.07) is -0.126. The Hall–Kier alpha value is -1.26. The van der Waals surface area contributed by atoms with E-state index in [1.807, 2.05) is 41.5 Å². The average Bonchev–Trinajstić information content (AvgIpc) is 2.34. The minimum Gasteiger partial charge on any atom is -0.464 e. The Morgan fingerprint density at radius 3 is 2.10 bits per heavy atom. The molecule has 0 spiro atoms. The first-order chi connectivity index (χ1) is 9.27. The van der Waals surface area contributed by atoms with Crippen molar-refractivity contribution in [3.8, 4) is 0 Å². The molecule has 0 fully saturated rings. The second-order valence-corrected chi connectivity index (χ2v) is 5.84. The molecule has 0 aliphatic rings. The van der Waals surface area contributed by atoms with Crippen molar-refractivity contribution in [2.24, 2.45) is 5.92 Å². The monoisotopic (exact) mass is 286 g/mol. The van der Waals surface area contributed by atoms with Crippen LogP contribution in [0, 0.1) is 5.92 Å². The molecule has 0 heterocycles. The predicted octanol–water partition coefficient (Wildman–Crippen LogP) is 2.80. The highest BCUT2D eigenvalue weighted by Crippen LogP contribution is 2.14. The van der Waals surface area contributed by atoms with Crippen LogP contribution in [0.4, 0.5) is 4.79 Å². The molecule has 0 rings (SSSR count). The van der Waals surface area contributed by atoms with Gasteiger partial charge in [0.2, 0.25) is 0 Å². The molecule has 0 radical (unpaired) electrons. The zero-order chi connectivity index (χ0) is 15.8. The quantitative estimate of drug-likeness (QED) is 0.732. The lowest BCUT2D eigenvalue weighted by Gasteiger charge is -2.35. The highest BCUT2D eigenvalue weighted by atomic mass is 16.5. The number of hydrogen-bond acceptors (Lipinski definition) is 3. The smallest absolute Gasteiger partial charge is 0.317 e. The third-order valence-corrected chi connectivity index (χ3v) is 3.26. The molecular formula is C15H30N2O3. The molecule has 0 unspecified atom stereocenters. The molecule has 0 saturated carbocycles. The minimum atomic E-state index is -0.305. The number of nitrogens with one attached hydrogen (secondary N) is 1. The number of carbonyl (C=O) groups is 2. The Balaban J connectivity index is 4.42. The first kappa shape index (κ1) is 18.7. The van der Waals surface area contributed by atoms with Crippen LogP contribution in [0.1, 0.15) is 54.4 Å². The minimum absolute atomic E-state index is 0.0393. The van der Waals surface area contributed by atoms with E-state index >= 15 is 0 Å². The Kier molecular flexibility index (Phi) is 8.26. The second-order valence-electron chi connectivity index (χ2n) is 5.84. The standard InChI is InChI=1S/C15H30N2O3/c1-7-12(8-2)13(18)20-11-10-17(15(4,5)6)14(19)16-9-3/h12H,7-11H2,1-6H3,(H,16,19). The van der Waals surface area contributed by atoms with Gasteiger partial charge in [0, 0.05) is 12.1 Å². The van der Waals surface area contributed by atoms with Crippen LogP contribution in [0.3, 0.4) is 0 Å². The number of carbonyl (C=O) groups excluding carboxylic acids is 2. The maximum Gasteiger partial charge on any atom is 0.317 e. The van der Waals surface area contributed by atoms with Crippen molar-refractivity contribution in [3.63, 3.8) is 0 Å². The predicted molar refractivity (Wildman–Crippen MR) is 80.6 cm³/mol. The summed E-state index contributed by atoms with van der Waals surface area (Å²) in [6.07, 6.45) is 1.57. The van der Waals surface area contributed by atoms with E-state index in [1.165, 1.54) is 0 Å². The van der Waals surface area contributed by atoms with Crippen molar-refractivity contribution >= 4 is 12.0 Å². The van der Waals surface area contributed by atoms with E-state index in [0.29, 0.717) is 13.1 Å². The van der Waals surface area contributed by atoms with Crippen LogP contribution >= 0.6 is 0 Å². The fraction of sp³-hybridized carbons (Fsp3) is 0.867. The Morgan fingerprint density at radius 1 is 1.15 bits per heavy atom. The molecular weight excluding hydrogens is 256 g/mol. The highest BCUT2D eigenvalue weighted by Gasteiger charge is 2.26. The van der Waals surface area contributed by atoms with Crippen LogP contribution in [-0.2, 0) is 9.53 Å². The van der Waals surface area contributed by atoms with Crippen molar-refractivity contribution in [1.29, 1.82) is 0 Å². The van der Waals surface area contributed by atoms with Gasteiger partial charge in [0.25, 0.3) is 0 Å². The second kappa shape index (κ2) is 8.82. The van der Waals surface area contributed by atoms with Crippen LogP contribution < -0.4 is 5.32 Å². The Morgan fingerprint density at radius 2 is 1.70 bits per heavy atom. The molecule has 5 nitrogen and oxygen atoms in total. The summed E-state index contributed by atoms with van der Waals surface area (Å²) in [5.74, 6) is -0.206. The molecule has 0 aromatic carbocycles. The van der Waals surface area contributed by atoms with Gasteiger partial charge in [-0.2, -0.15) is 0 Å². The van der Waals surface area contributed by atoms with Gasteiger partial charge in [0.15, 0.2) is 0 Å². The van der Waals surface area contributed by atoms with E-state index in [1.54, 1.807) is 4.90 Å². The largest absolute Gasteiger partial charge is 0.464 e. The molecule has 1 N–H and O–H groups in total. The van der Waals surface area contributed by atoms with Gasteiger partial charge in [0.05, 0.1) is 12.5 Å². The van der Waals surface area contributed by atoms with Crippen molar-refractivity contribution in [2.75, 3.05) is 19.7 Å². The van der Waals surface area contributed by atoms with Gasteiger partial charge in [-0.3, -0.25) is 4.79 Å². The number of esters is 1. The highest BCUT2D eigenvalue weighted by molar-refractivity contribution is 5.75. The number of nitrogens with zero attached hydrogens (tertiary/aromatic N) is 1. The van der Waals surface area contributed by atoms with Crippen LogP contribution in [-0.4, -0.2) is 42.1 Å². The number of amides is 2. The molecule has 5 heteroatoms. The molecule has 0 aromatic rings. The molecule has 20 heavy (non-hydrogen) atoms. The number of rotatable bonds is 7. The summed E-state index contributed by atoms with van der Waals surface area (Å²) in [6.45, 7) is 13.0. The van der Waals surface area contributed by atoms with E-state index in [4.69, 9.17) is 4.74 Å². The summed E-state index contributed by atoms with van der Waals surface area (Å²) < 4.78 is 5.28. The normalized spacial score (nSPS) is 11.3. The van der Waals surface area contributed by atoms with Gasteiger partial charge in [-0.25, -0.2) is 4.79 Å². The van der Waals surface area contributed by atoms with Crippen molar-refractivity contribution in [2.45, 2.75) is 59.9 Å². The average molecular weight is 286 g/mol. The number of ether oxygens (including phenoxy) is 1. The summed E-state index contributed by atoms with van der Waals surface area (Å²) in [7, 11) is 0. The van der Waals surface area contributed by atoms with Crippen molar-refractivity contribution in [3.05, 3.63) is 0 Å². The lowest BCUT2D eigenvalue weighted by atomic mass is 10.0. The lowest BCUT2D eigenvalue weighted by molar-refractivity contribution is -0.149. The summed E-state index contributed by atoms with van der Waals surface area (Å²) in [5, 5.41) is 2.78. The molecule has 0 aromatic heterocycles. The summed E-state index contributed by atoms with van der Waals surface area (Å²) >= 11 is 0. The van der Waals surface area contributed by atoms with Gasteiger partial charge in [-0.1, -0.05) is 13.8 Å². The molecule has 0 aliphatic carbocycles. The fourth-order valence-corrected chi connectivity index (χ4v) is 1.97. The van der Waals surface area contributed by atoms with E-state index < -0.39 is 0 Å². The Labute approximate surface area is 123 Å². The van der Waals surface area contributed by atoms with Gasteiger partial charge in [-0.15, -0.1) is 0 Å². The van der Waals surface area contributed by atoms with E-state index in [9.17, 15) is 9.59 Å². The van der Waals surface area contributed by atoms with Crippen molar-refractivity contribution < 1.29 is 14.3 Å². The zero-order valence-corrected chi connectivity index (χ0v) is 13.8. The molecule has 0 bridgehead atoms. The maximum absolute atomic E-state index is 12.0. The third-order valence-electron chi connectivity index (χ3n) is 3.26. The summed E-state index contributed by atoms with van der Waals surface area (Å²) in [5.41, 5.74) is -0.305. The van der Waals surface area contributed by atoms with Crippen molar-refractivity contribution in [1.82, 2.24) is 10.2 Å². The maximum atomic E-state index is 12.0. The molecule has 0 aliphatic heterocycles. The number of urea groups is 1. The number of hydrogen-bond donors (Lipinski definition) is 1. The topological polar surface area (TPSA) is 58.6 Å². The fourth-order valence-electron chi connectivity index (χ4n) is 1.97. The van der Waals surface area contributed by atoms with Gasteiger partial charge in [0.1, 0.15) is 6.61 Å². The molecule has 2 amide bonds.